The number of carbonyl (C=O) groups excluding carboxylic acids is 1. The molecule has 0 aliphatic carbocycles. The normalized spacial score (nSPS) is 16.5. The van der Waals surface area contributed by atoms with Crippen LogP contribution in [0.25, 0.3) is 0 Å². The first kappa shape index (κ1) is 22.8. The summed E-state index contributed by atoms with van der Waals surface area (Å²) in [7, 11) is 1.18. The molecule has 4 nitrogen and oxygen atoms in total. The van der Waals surface area contributed by atoms with Crippen LogP contribution in [0.2, 0.25) is 18.1 Å². The van der Waals surface area contributed by atoms with Gasteiger partial charge in [0, 0.05) is 19.0 Å². The maximum atomic E-state index is 11.9. The van der Waals surface area contributed by atoms with E-state index in [4.69, 9.17) is 9.26 Å². The van der Waals surface area contributed by atoms with E-state index in [1.165, 1.54) is 17.7 Å². The first-order chi connectivity index (χ1) is 10.4. The highest BCUT2D eigenvalue weighted by atomic mass is 127. The van der Waals surface area contributed by atoms with Crippen molar-refractivity contribution in [2.75, 3.05) is 14.2 Å². The van der Waals surface area contributed by atoms with Gasteiger partial charge in [-0.1, -0.05) is 56.4 Å². The zero-order chi connectivity index (χ0) is 18.4. The molecule has 0 radical (unpaired) electrons. The van der Waals surface area contributed by atoms with Crippen molar-refractivity contribution < 1.29 is 14.1 Å². The van der Waals surface area contributed by atoms with Gasteiger partial charge in [-0.3, -0.25) is 9.63 Å². The minimum Gasteiger partial charge on any atom is -0.410 e. The van der Waals surface area contributed by atoms with Gasteiger partial charge in [0.05, 0.1) is 13.2 Å². The van der Waals surface area contributed by atoms with E-state index in [0.717, 1.165) is 0 Å². The molecule has 0 heterocycles. The van der Waals surface area contributed by atoms with E-state index in [1.54, 1.807) is 13.1 Å². The Kier molecular flexibility index (Phi) is 9.26. The van der Waals surface area contributed by atoms with Crippen molar-refractivity contribution in [3.05, 3.63) is 21.8 Å². The van der Waals surface area contributed by atoms with Crippen LogP contribution in [0.4, 0.5) is 0 Å². The molecule has 0 aliphatic heterocycles. The van der Waals surface area contributed by atoms with Crippen LogP contribution in [0.5, 0.6) is 0 Å². The fourth-order valence-corrected chi connectivity index (χ4v) is 3.44. The van der Waals surface area contributed by atoms with Gasteiger partial charge in [-0.05, 0) is 34.7 Å². The molecule has 6 heteroatoms. The summed E-state index contributed by atoms with van der Waals surface area (Å²) in [6.07, 6.45) is 3.43. The fourth-order valence-electron chi connectivity index (χ4n) is 1.70. The topological polar surface area (TPSA) is 38.8 Å². The Balaban J connectivity index is 5.28. The predicted molar refractivity (Wildman–Crippen MR) is 108 cm³/mol. The van der Waals surface area contributed by atoms with Crippen molar-refractivity contribution in [2.24, 2.45) is 5.92 Å². The van der Waals surface area contributed by atoms with Crippen molar-refractivity contribution in [1.82, 2.24) is 5.06 Å². The van der Waals surface area contributed by atoms with Crippen LogP contribution in [-0.2, 0) is 14.1 Å². The molecule has 0 aromatic carbocycles. The third-order valence-corrected chi connectivity index (χ3v) is 9.89. The van der Waals surface area contributed by atoms with E-state index >= 15 is 0 Å². The molecule has 0 rings (SSSR count). The molecule has 2 atom stereocenters. The molecular weight excluding hydrogens is 421 g/mol. The smallest absolute Gasteiger partial charge is 0.269 e. The number of nitrogens with zero attached hydrogens (tertiary/aromatic N) is 1. The minimum atomic E-state index is -1.89. The lowest BCUT2D eigenvalue weighted by atomic mass is 9.99. The van der Waals surface area contributed by atoms with Crippen LogP contribution in [0, 0.1) is 5.92 Å². The van der Waals surface area contributed by atoms with E-state index in [1.807, 2.05) is 6.08 Å². The maximum absolute atomic E-state index is 11.9. The van der Waals surface area contributed by atoms with Crippen LogP contribution in [0.15, 0.2) is 21.8 Å². The van der Waals surface area contributed by atoms with Crippen molar-refractivity contribution in [3.63, 3.8) is 0 Å². The van der Waals surface area contributed by atoms with Crippen molar-refractivity contribution in [3.8, 4) is 0 Å². The van der Waals surface area contributed by atoms with Gasteiger partial charge >= 0.3 is 0 Å². The summed E-state index contributed by atoms with van der Waals surface area (Å²) in [5, 5.41) is 1.35. The number of amides is 1. The fraction of sp³-hybridized carbons (Fsp3) is 0.706. The van der Waals surface area contributed by atoms with Crippen molar-refractivity contribution >= 4 is 36.8 Å². The van der Waals surface area contributed by atoms with Crippen molar-refractivity contribution in [2.45, 2.75) is 58.9 Å². The van der Waals surface area contributed by atoms with Gasteiger partial charge in [0.25, 0.3) is 5.91 Å². The van der Waals surface area contributed by atoms with Gasteiger partial charge < -0.3 is 4.43 Å². The summed E-state index contributed by atoms with van der Waals surface area (Å²) in [5.41, 5.74) is 1.18. The lowest BCUT2D eigenvalue weighted by Gasteiger charge is -2.41. The Morgan fingerprint density at radius 1 is 1.30 bits per heavy atom. The second-order valence-corrected chi connectivity index (χ2v) is 12.8. The van der Waals surface area contributed by atoms with E-state index in [2.05, 4.69) is 74.4 Å². The molecule has 23 heavy (non-hydrogen) atoms. The second-order valence-electron chi connectivity index (χ2n) is 7.39. The molecule has 0 N–H and O–H groups in total. The van der Waals surface area contributed by atoms with Crippen LogP contribution in [-0.4, -0.2) is 39.5 Å². The van der Waals surface area contributed by atoms with E-state index < -0.39 is 8.32 Å². The second kappa shape index (κ2) is 9.34. The molecule has 0 unspecified atom stereocenters. The SMILES string of the molecule is CON(C)C(=O)/C=C/[C@H](C)[C@@H](O[Si](C)(C)C(C)(C)C)/C(C)=C/I. The summed E-state index contributed by atoms with van der Waals surface area (Å²) in [5.74, 6) is -0.0779. The molecule has 1 amide bonds. The first-order valence-electron chi connectivity index (χ1n) is 7.82. The Hall–Kier alpha value is -0.183. The average molecular weight is 453 g/mol. The maximum Gasteiger partial charge on any atom is 0.269 e. The number of hydrogen-bond acceptors (Lipinski definition) is 3. The predicted octanol–water partition coefficient (Wildman–Crippen LogP) is 4.93. The Labute approximate surface area is 156 Å². The number of carbonyl (C=O) groups is 1. The average Bonchev–Trinajstić information content (AvgIpc) is 2.46. The van der Waals surface area contributed by atoms with Crippen LogP contribution >= 0.6 is 22.6 Å². The van der Waals surface area contributed by atoms with Gasteiger partial charge in [-0.15, -0.1) is 0 Å². The van der Waals surface area contributed by atoms with Gasteiger partial charge in [0.1, 0.15) is 0 Å². The van der Waals surface area contributed by atoms with Crippen LogP contribution in [0.3, 0.4) is 0 Å². The lowest BCUT2D eigenvalue weighted by Crippen LogP contribution is -2.45. The lowest BCUT2D eigenvalue weighted by molar-refractivity contribution is -0.162. The molecule has 134 valence electrons. The van der Waals surface area contributed by atoms with E-state index in [-0.39, 0.29) is 23.0 Å². The summed E-state index contributed by atoms with van der Waals surface area (Å²) in [4.78, 5) is 16.7. The quantitative estimate of drug-likeness (QED) is 0.238. The van der Waals surface area contributed by atoms with E-state index in [0.29, 0.717) is 0 Å². The molecule has 0 spiro atoms. The Morgan fingerprint density at radius 2 is 1.83 bits per heavy atom. The van der Waals surface area contributed by atoms with Crippen LogP contribution < -0.4 is 0 Å². The Morgan fingerprint density at radius 3 is 2.22 bits per heavy atom. The molecule has 0 saturated heterocycles. The number of halogens is 1. The summed E-state index contributed by atoms with van der Waals surface area (Å²) >= 11 is 2.25. The zero-order valence-corrected chi connectivity index (χ0v) is 19.1. The summed E-state index contributed by atoms with van der Waals surface area (Å²) < 4.78 is 8.65. The van der Waals surface area contributed by atoms with Gasteiger partial charge in [0.2, 0.25) is 0 Å². The van der Waals surface area contributed by atoms with Crippen LogP contribution in [0.1, 0.15) is 34.6 Å². The first-order valence-corrected chi connectivity index (χ1v) is 12.0. The molecule has 0 aromatic heterocycles. The zero-order valence-electron chi connectivity index (χ0n) is 15.9. The standard InChI is InChI=1S/C17H32INO3Si/c1-13(10-11-15(20)19(6)21-7)16(14(2)12-18)22-23(8,9)17(3,4)5/h10-13,16H,1-9H3/b11-10+,14-12+/t13-,16+/m0/s1. The third kappa shape index (κ3) is 7.07. The minimum absolute atomic E-state index is 0.0234. The summed E-state index contributed by atoms with van der Waals surface area (Å²) in [6, 6.07) is 0. The molecule has 0 aliphatic rings. The molecule has 0 aromatic rings. The molecule has 0 fully saturated rings. The van der Waals surface area contributed by atoms with Gasteiger partial charge in [-0.2, -0.15) is 0 Å². The number of hydroxylamine groups is 2. The highest BCUT2D eigenvalue weighted by molar-refractivity contribution is 14.1. The largest absolute Gasteiger partial charge is 0.410 e. The molecule has 0 bridgehead atoms. The summed E-state index contributed by atoms with van der Waals surface area (Å²) in [6.45, 7) is 15.4. The number of rotatable bonds is 7. The van der Waals surface area contributed by atoms with Crippen molar-refractivity contribution in [1.29, 1.82) is 0 Å². The van der Waals surface area contributed by atoms with E-state index in [9.17, 15) is 4.79 Å². The third-order valence-electron chi connectivity index (χ3n) is 4.45. The Bertz CT molecular complexity index is 455. The van der Waals surface area contributed by atoms with Gasteiger partial charge in [-0.25, -0.2) is 5.06 Å². The number of hydrogen-bond donors (Lipinski definition) is 0. The highest BCUT2D eigenvalue weighted by Crippen LogP contribution is 2.39. The highest BCUT2D eigenvalue weighted by Gasteiger charge is 2.40. The number of likely N-dealkylation sites (N-methyl/N-ethyl adjacent to an activating group) is 1. The molecule has 0 saturated carbocycles. The van der Waals surface area contributed by atoms with Gasteiger partial charge in [0.15, 0.2) is 8.32 Å². The molecular formula is C17H32INO3Si. The monoisotopic (exact) mass is 453 g/mol.